The molecule has 0 aromatic rings. The van der Waals surface area contributed by atoms with Crippen LogP contribution in [0, 0.1) is 13.1 Å². The predicted octanol–water partition coefficient (Wildman–Crippen LogP) is 1.25. The molecular formula is C12H30CuN4. The first-order valence-corrected chi connectivity index (χ1v) is 6.30. The Morgan fingerprint density at radius 2 is 0.941 bits per heavy atom. The minimum atomic E-state index is 0. The van der Waals surface area contributed by atoms with Crippen molar-refractivity contribution in [2.45, 2.75) is 51.4 Å². The Balaban J connectivity index is -0.000000218. The minimum Gasteiger partial charge on any atom is -0.483 e. The molecule has 0 aliphatic heterocycles. The van der Waals surface area contributed by atoms with E-state index < -0.39 is 0 Å². The van der Waals surface area contributed by atoms with Crippen LogP contribution >= 0.6 is 0 Å². The molecule has 0 aromatic carbocycles. The quantitative estimate of drug-likeness (QED) is 0.276. The summed E-state index contributed by atoms with van der Waals surface area (Å²) in [5.74, 6) is 0. The predicted molar refractivity (Wildman–Crippen MR) is 72.0 cm³/mol. The second-order valence-electron chi connectivity index (χ2n) is 3.75. The van der Waals surface area contributed by atoms with Crippen molar-refractivity contribution in [1.82, 2.24) is 0 Å². The summed E-state index contributed by atoms with van der Waals surface area (Å²) in [6.07, 6.45) is 9.12. The first-order valence-electron chi connectivity index (χ1n) is 6.30. The fourth-order valence-corrected chi connectivity index (χ4v) is 1.17. The number of hydrogen-bond donors (Lipinski definition) is 4. The number of nitrogens with two attached hydrogens (primary N) is 4. The van der Waals surface area contributed by atoms with Crippen LogP contribution in [0.1, 0.15) is 51.4 Å². The molecule has 0 aromatic heterocycles. The van der Waals surface area contributed by atoms with Crippen molar-refractivity contribution >= 4 is 0 Å². The Morgan fingerprint density at radius 1 is 0.588 bits per heavy atom. The first-order chi connectivity index (χ1) is 7.83. The summed E-state index contributed by atoms with van der Waals surface area (Å²) in [6.45, 7) is 5.03. The number of hydrogen-bond acceptors (Lipinski definition) is 4. The summed E-state index contributed by atoms with van der Waals surface area (Å²) < 4.78 is 0. The van der Waals surface area contributed by atoms with E-state index in [1.165, 1.54) is 25.7 Å². The zero-order valence-electron chi connectivity index (χ0n) is 10.8. The third kappa shape index (κ3) is 31.4. The Morgan fingerprint density at radius 3 is 1.18 bits per heavy atom. The Bertz CT molecular complexity index is 80.5. The zero-order valence-corrected chi connectivity index (χ0v) is 11.8. The second-order valence-corrected chi connectivity index (χ2v) is 3.75. The summed E-state index contributed by atoms with van der Waals surface area (Å²) in [5.41, 5.74) is 20.8. The van der Waals surface area contributed by atoms with Gasteiger partial charge in [-0.05, 0) is 25.9 Å². The van der Waals surface area contributed by atoms with Crippen molar-refractivity contribution in [3.8, 4) is 0 Å². The molecule has 0 aliphatic carbocycles. The smallest absolute Gasteiger partial charge is 0.483 e. The van der Waals surface area contributed by atoms with Crippen LogP contribution in [0.25, 0.3) is 0 Å². The van der Waals surface area contributed by atoms with Crippen LogP contribution in [0.15, 0.2) is 0 Å². The standard InChI is InChI=1S/2C6H15N2.Cu/c2*7-5-3-1-2-4-6-8;/h2*5H,1-4,6-8H2;/q2*-1;+2. The number of rotatable bonds is 10. The van der Waals surface area contributed by atoms with Gasteiger partial charge in [-0.1, -0.05) is 25.7 Å². The Hall–Kier alpha value is 0.359. The average Bonchev–Trinajstić information content (AvgIpc) is 2.31. The topological polar surface area (TPSA) is 104 Å². The van der Waals surface area contributed by atoms with E-state index in [4.69, 9.17) is 22.9 Å². The van der Waals surface area contributed by atoms with Crippen LogP contribution in [0.5, 0.6) is 0 Å². The van der Waals surface area contributed by atoms with Gasteiger partial charge in [0.2, 0.25) is 0 Å². The summed E-state index contributed by atoms with van der Waals surface area (Å²) >= 11 is 0. The Labute approximate surface area is 118 Å². The van der Waals surface area contributed by atoms with Gasteiger partial charge in [0.15, 0.2) is 0 Å². The van der Waals surface area contributed by atoms with Crippen molar-refractivity contribution < 1.29 is 17.1 Å². The van der Waals surface area contributed by atoms with Gasteiger partial charge in [0, 0.05) is 0 Å². The van der Waals surface area contributed by atoms with Gasteiger partial charge in [0.05, 0.1) is 0 Å². The molecule has 0 spiro atoms. The molecule has 1 radical (unpaired) electrons. The van der Waals surface area contributed by atoms with Gasteiger partial charge in [0.25, 0.3) is 0 Å². The Kier molecular flexibility index (Phi) is 33.5. The van der Waals surface area contributed by atoms with E-state index in [2.05, 4.69) is 0 Å². The number of unbranched alkanes of at least 4 members (excludes halogenated alkanes) is 6. The van der Waals surface area contributed by atoms with Crippen LogP contribution in [0.3, 0.4) is 0 Å². The fraction of sp³-hybridized carbons (Fsp3) is 0.833. The molecule has 0 saturated heterocycles. The van der Waals surface area contributed by atoms with E-state index >= 15 is 0 Å². The molecule has 0 saturated carbocycles. The summed E-state index contributed by atoms with van der Waals surface area (Å²) in [5, 5.41) is 0. The van der Waals surface area contributed by atoms with Crippen molar-refractivity contribution in [3.05, 3.63) is 13.1 Å². The molecule has 0 unspecified atom stereocenters. The van der Waals surface area contributed by atoms with E-state index in [1.54, 1.807) is 13.1 Å². The summed E-state index contributed by atoms with van der Waals surface area (Å²) in [7, 11) is 0. The summed E-state index contributed by atoms with van der Waals surface area (Å²) in [4.78, 5) is 0. The minimum absolute atomic E-state index is 0. The molecule has 8 N–H and O–H groups in total. The first kappa shape index (κ1) is 22.5. The van der Waals surface area contributed by atoms with Crippen molar-refractivity contribution in [1.29, 1.82) is 0 Å². The fourth-order valence-electron chi connectivity index (χ4n) is 1.17. The molecule has 0 rings (SSSR count). The van der Waals surface area contributed by atoms with Crippen molar-refractivity contribution in [2.24, 2.45) is 22.9 Å². The van der Waals surface area contributed by atoms with Gasteiger partial charge in [-0.2, -0.15) is 12.8 Å². The maximum Gasteiger partial charge on any atom is 2.00 e. The zero-order chi connectivity index (χ0) is 12.5. The molecule has 0 amide bonds. The molecule has 0 bridgehead atoms. The van der Waals surface area contributed by atoms with E-state index in [0.29, 0.717) is 0 Å². The van der Waals surface area contributed by atoms with Gasteiger partial charge >= 0.3 is 17.1 Å². The van der Waals surface area contributed by atoms with Crippen LogP contribution in [-0.4, -0.2) is 13.1 Å². The molecule has 0 atom stereocenters. The van der Waals surface area contributed by atoms with E-state index in [0.717, 1.165) is 38.8 Å². The second kappa shape index (κ2) is 25.3. The molecular weight excluding hydrogens is 264 g/mol. The normalized spacial score (nSPS) is 9.18. The van der Waals surface area contributed by atoms with Gasteiger partial charge < -0.3 is 22.9 Å². The van der Waals surface area contributed by atoms with E-state index in [1.807, 2.05) is 0 Å². The van der Waals surface area contributed by atoms with Crippen LogP contribution in [-0.2, 0) is 17.1 Å². The molecule has 0 fully saturated rings. The van der Waals surface area contributed by atoms with Gasteiger partial charge in [0.1, 0.15) is 0 Å². The van der Waals surface area contributed by atoms with Crippen molar-refractivity contribution in [3.63, 3.8) is 0 Å². The molecule has 109 valence electrons. The van der Waals surface area contributed by atoms with E-state index in [-0.39, 0.29) is 17.1 Å². The third-order valence-electron chi connectivity index (χ3n) is 2.15. The maximum absolute atomic E-state index is 5.27. The monoisotopic (exact) mass is 293 g/mol. The van der Waals surface area contributed by atoms with Gasteiger partial charge in [-0.3, -0.25) is 13.1 Å². The molecule has 5 heteroatoms. The molecule has 17 heavy (non-hydrogen) atoms. The molecule has 0 heterocycles. The van der Waals surface area contributed by atoms with Crippen LogP contribution < -0.4 is 22.9 Å². The van der Waals surface area contributed by atoms with Crippen LogP contribution in [0.2, 0.25) is 0 Å². The summed E-state index contributed by atoms with van der Waals surface area (Å²) in [6, 6.07) is 0. The van der Waals surface area contributed by atoms with E-state index in [9.17, 15) is 0 Å². The molecule has 4 nitrogen and oxygen atoms in total. The molecule has 0 aliphatic rings. The van der Waals surface area contributed by atoms with Gasteiger partial charge in [-0.25, -0.2) is 0 Å². The largest absolute Gasteiger partial charge is 2.00 e. The maximum atomic E-state index is 5.27. The SMILES string of the molecule is N[CH-]CCCCCN.N[CH-]CCCCCN.[Cu+2]. The van der Waals surface area contributed by atoms with Crippen molar-refractivity contribution in [2.75, 3.05) is 13.1 Å². The average molecular weight is 294 g/mol. The van der Waals surface area contributed by atoms with Crippen LogP contribution in [0.4, 0.5) is 0 Å². The third-order valence-corrected chi connectivity index (χ3v) is 2.15. The van der Waals surface area contributed by atoms with Gasteiger partial charge in [-0.15, -0.1) is 0 Å².